The number of sulfonamides is 1. The highest BCUT2D eigenvalue weighted by molar-refractivity contribution is 7.88. The van der Waals surface area contributed by atoms with Crippen molar-refractivity contribution in [2.24, 2.45) is 0 Å². The molecule has 0 bridgehead atoms. The Bertz CT molecular complexity index is 797. The molecule has 1 amide bonds. The van der Waals surface area contributed by atoms with Gasteiger partial charge in [0.05, 0.1) is 31.2 Å². The number of hydrogen-bond donors (Lipinski definition) is 1. The van der Waals surface area contributed by atoms with Crippen LogP contribution in [-0.2, 0) is 34.3 Å². The van der Waals surface area contributed by atoms with Crippen molar-refractivity contribution in [2.45, 2.75) is 32.0 Å². The highest BCUT2D eigenvalue weighted by Gasteiger charge is 2.29. The number of hydrogen-bond acceptors (Lipinski definition) is 5. The predicted octanol–water partition coefficient (Wildman–Crippen LogP) is 0.369. The van der Waals surface area contributed by atoms with Crippen molar-refractivity contribution in [2.75, 3.05) is 12.8 Å². The van der Waals surface area contributed by atoms with E-state index in [1.165, 1.54) is 6.26 Å². The number of aryl methyl sites for hydroxylation is 1. The Balaban J connectivity index is 1.79. The van der Waals surface area contributed by atoms with E-state index < -0.39 is 10.0 Å². The van der Waals surface area contributed by atoms with Gasteiger partial charge in [-0.3, -0.25) is 9.48 Å². The third kappa shape index (κ3) is 4.04. The molecular formula is C15H20N4O4S. The first-order valence-corrected chi connectivity index (χ1v) is 9.59. The molecule has 24 heavy (non-hydrogen) atoms. The molecule has 1 atom stereocenters. The van der Waals surface area contributed by atoms with Gasteiger partial charge in [-0.05, 0) is 24.6 Å². The van der Waals surface area contributed by atoms with Gasteiger partial charge in [0.1, 0.15) is 5.76 Å². The lowest BCUT2D eigenvalue weighted by molar-refractivity contribution is -0.133. The van der Waals surface area contributed by atoms with Gasteiger partial charge in [-0.2, -0.15) is 5.10 Å². The topological polar surface area (TPSA) is 97.4 Å². The minimum Gasteiger partial charge on any atom is -0.469 e. The number of carbonyl (C=O) groups excluding carboxylic acids is 1. The number of carbonyl (C=O) groups is 1. The largest absolute Gasteiger partial charge is 0.469 e. The zero-order valence-electron chi connectivity index (χ0n) is 13.4. The highest BCUT2D eigenvalue weighted by atomic mass is 32.2. The monoisotopic (exact) mass is 352 g/mol. The number of nitrogens with zero attached hydrogens (tertiary/aromatic N) is 3. The van der Waals surface area contributed by atoms with Crippen molar-refractivity contribution in [1.29, 1.82) is 0 Å². The molecule has 8 nitrogen and oxygen atoms in total. The zero-order valence-corrected chi connectivity index (χ0v) is 14.2. The maximum atomic E-state index is 12.7. The molecule has 1 aliphatic rings. The summed E-state index contributed by atoms with van der Waals surface area (Å²) in [7, 11) is -3.32. The van der Waals surface area contributed by atoms with Crippen LogP contribution in [0.15, 0.2) is 35.1 Å². The zero-order chi connectivity index (χ0) is 17.2. The summed E-state index contributed by atoms with van der Waals surface area (Å²) in [6, 6.07) is 5.13. The van der Waals surface area contributed by atoms with E-state index in [1.807, 2.05) is 10.7 Å². The van der Waals surface area contributed by atoms with Gasteiger partial charge in [0.15, 0.2) is 0 Å². The summed E-state index contributed by atoms with van der Waals surface area (Å²) in [5.74, 6) is 0.493. The lowest BCUT2D eigenvalue weighted by Crippen LogP contribution is -2.46. The van der Waals surface area contributed by atoms with Gasteiger partial charge >= 0.3 is 0 Å². The van der Waals surface area contributed by atoms with E-state index in [1.54, 1.807) is 23.2 Å². The second-order valence-electron chi connectivity index (χ2n) is 5.89. The van der Waals surface area contributed by atoms with E-state index in [4.69, 9.17) is 4.42 Å². The predicted molar refractivity (Wildman–Crippen MR) is 86.4 cm³/mol. The third-order valence-electron chi connectivity index (χ3n) is 4.06. The molecule has 0 spiro atoms. The van der Waals surface area contributed by atoms with E-state index in [0.29, 0.717) is 25.3 Å². The molecule has 0 saturated heterocycles. The van der Waals surface area contributed by atoms with Crippen LogP contribution in [0.5, 0.6) is 0 Å². The average molecular weight is 352 g/mol. The van der Waals surface area contributed by atoms with Crippen molar-refractivity contribution >= 4 is 15.9 Å². The Morgan fingerprint density at radius 1 is 1.46 bits per heavy atom. The Kier molecular flexibility index (Phi) is 4.72. The summed E-state index contributed by atoms with van der Waals surface area (Å²) >= 11 is 0. The maximum Gasteiger partial charge on any atom is 0.230 e. The average Bonchev–Trinajstić information content (AvgIpc) is 3.13. The van der Waals surface area contributed by atoms with Crippen LogP contribution in [0.4, 0.5) is 0 Å². The molecule has 2 aromatic heterocycles. The number of furan rings is 1. The van der Waals surface area contributed by atoms with Gasteiger partial charge in [-0.1, -0.05) is 0 Å². The number of amides is 1. The summed E-state index contributed by atoms with van der Waals surface area (Å²) in [6.07, 6.45) is 5.13. The van der Waals surface area contributed by atoms with Gasteiger partial charge in [-0.15, -0.1) is 0 Å². The van der Waals surface area contributed by atoms with Crippen molar-refractivity contribution in [3.8, 4) is 0 Å². The molecule has 0 fully saturated rings. The first-order chi connectivity index (χ1) is 11.4. The van der Waals surface area contributed by atoms with Crippen LogP contribution in [0.2, 0.25) is 0 Å². The molecule has 0 aromatic carbocycles. The molecular weight excluding hydrogens is 332 g/mol. The molecule has 0 aliphatic carbocycles. The van der Waals surface area contributed by atoms with Gasteiger partial charge in [0.25, 0.3) is 0 Å². The fourth-order valence-electron chi connectivity index (χ4n) is 2.84. The SMILES string of the molecule is CS(=O)(=O)NCC1CCn2nccc2CN1C(=O)Cc1ccco1. The van der Waals surface area contributed by atoms with Crippen molar-refractivity contribution in [3.63, 3.8) is 0 Å². The smallest absolute Gasteiger partial charge is 0.230 e. The molecule has 3 rings (SSSR count). The second kappa shape index (κ2) is 6.78. The molecule has 9 heteroatoms. The Morgan fingerprint density at radius 3 is 3.00 bits per heavy atom. The number of fused-ring (bicyclic) bond motifs is 1. The third-order valence-corrected chi connectivity index (χ3v) is 4.75. The summed E-state index contributed by atoms with van der Waals surface area (Å²) in [5, 5.41) is 4.25. The molecule has 3 heterocycles. The fraction of sp³-hybridized carbons (Fsp3) is 0.467. The summed E-state index contributed by atoms with van der Waals surface area (Å²) in [4.78, 5) is 14.5. The fourth-order valence-corrected chi connectivity index (χ4v) is 3.34. The second-order valence-corrected chi connectivity index (χ2v) is 7.72. The van der Waals surface area contributed by atoms with Crippen LogP contribution in [0, 0.1) is 0 Å². The van der Waals surface area contributed by atoms with Crippen LogP contribution in [-0.4, -0.2) is 47.8 Å². The molecule has 0 saturated carbocycles. The molecule has 130 valence electrons. The summed E-state index contributed by atoms with van der Waals surface area (Å²) in [6.45, 7) is 1.23. The minimum atomic E-state index is -3.32. The van der Waals surface area contributed by atoms with E-state index in [-0.39, 0.29) is 24.9 Å². The van der Waals surface area contributed by atoms with E-state index >= 15 is 0 Å². The van der Waals surface area contributed by atoms with Gasteiger partial charge in [0.2, 0.25) is 15.9 Å². The number of rotatable bonds is 5. The van der Waals surface area contributed by atoms with E-state index in [2.05, 4.69) is 9.82 Å². The molecule has 1 unspecified atom stereocenters. The van der Waals surface area contributed by atoms with Gasteiger partial charge in [0, 0.05) is 25.3 Å². The Hall–Kier alpha value is -2.13. The van der Waals surface area contributed by atoms with Crippen LogP contribution < -0.4 is 4.72 Å². The van der Waals surface area contributed by atoms with Crippen molar-refractivity contribution in [3.05, 3.63) is 42.1 Å². The van der Waals surface area contributed by atoms with E-state index in [9.17, 15) is 13.2 Å². The standard InChI is InChI=1S/C15H20N4O4S/c1-24(21,22)17-10-12-5-7-19-13(4-6-16-19)11-18(12)15(20)9-14-3-2-8-23-14/h2-4,6,8,12,17H,5,7,9-11H2,1H3. The van der Waals surface area contributed by atoms with E-state index in [0.717, 1.165) is 11.9 Å². The molecule has 2 aromatic rings. The maximum absolute atomic E-state index is 12.7. The minimum absolute atomic E-state index is 0.0973. The lowest BCUT2D eigenvalue weighted by atomic mass is 10.1. The summed E-state index contributed by atoms with van der Waals surface area (Å²) < 4.78 is 32.4. The van der Waals surface area contributed by atoms with Crippen LogP contribution in [0.3, 0.4) is 0 Å². The van der Waals surface area contributed by atoms with Crippen molar-refractivity contribution < 1.29 is 17.6 Å². The first-order valence-electron chi connectivity index (χ1n) is 7.69. The Morgan fingerprint density at radius 2 is 2.29 bits per heavy atom. The first kappa shape index (κ1) is 16.7. The lowest BCUT2D eigenvalue weighted by Gasteiger charge is -2.29. The molecule has 0 radical (unpaired) electrons. The molecule has 1 N–H and O–H groups in total. The number of aromatic nitrogens is 2. The van der Waals surface area contributed by atoms with Crippen LogP contribution >= 0.6 is 0 Å². The quantitative estimate of drug-likeness (QED) is 0.838. The number of nitrogens with one attached hydrogen (secondary N) is 1. The summed E-state index contributed by atoms with van der Waals surface area (Å²) in [5.41, 5.74) is 0.935. The van der Waals surface area contributed by atoms with Crippen LogP contribution in [0.25, 0.3) is 0 Å². The van der Waals surface area contributed by atoms with Gasteiger partial charge < -0.3 is 9.32 Å². The van der Waals surface area contributed by atoms with Crippen LogP contribution in [0.1, 0.15) is 17.9 Å². The normalized spacial score (nSPS) is 18.2. The Labute approximate surface area is 140 Å². The molecule has 1 aliphatic heterocycles. The highest BCUT2D eigenvalue weighted by Crippen LogP contribution is 2.18. The van der Waals surface area contributed by atoms with Crippen molar-refractivity contribution in [1.82, 2.24) is 19.4 Å². The van der Waals surface area contributed by atoms with Gasteiger partial charge in [-0.25, -0.2) is 13.1 Å².